The number of hydrogen-bond acceptors (Lipinski definition) is 5. The molecule has 0 atom stereocenters. The first-order valence-electron chi connectivity index (χ1n) is 10.6. The van der Waals surface area contributed by atoms with Crippen molar-refractivity contribution in [2.75, 3.05) is 5.32 Å². The Labute approximate surface area is 212 Å². The van der Waals surface area contributed by atoms with Gasteiger partial charge in [0.25, 0.3) is 0 Å². The molecule has 0 aliphatic rings. The first-order chi connectivity index (χ1) is 17.2. The summed E-state index contributed by atoms with van der Waals surface area (Å²) in [7, 11) is 0. The zero-order valence-corrected chi connectivity index (χ0v) is 20.8. The zero-order chi connectivity index (χ0) is 25.4. The third-order valence-electron chi connectivity index (χ3n) is 5.36. The molecule has 3 heterocycles. The van der Waals surface area contributed by atoms with Gasteiger partial charge in [-0.05, 0) is 64.1 Å². The number of nitrogens with zero attached hydrogens (tertiary/aromatic N) is 5. The van der Waals surface area contributed by atoms with Crippen molar-refractivity contribution < 1.29 is 17.6 Å². The average Bonchev–Trinajstić information content (AvgIpc) is 3.25. The van der Waals surface area contributed by atoms with Crippen molar-refractivity contribution in [1.29, 1.82) is 0 Å². The van der Waals surface area contributed by atoms with Gasteiger partial charge in [0, 0.05) is 29.1 Å². The lowest BCUT2D eigenvalue weighted by molar-refractivity contribution is 0.127. The molecule has 0 unspecified atom stereocenters. The molecule has 5 aromatic rings. The molecule has 0 radical (unpaired) electrons. The summed E-state index contributed by atoms with van der Waals surface area (Å²) in [6, 6.07) is 14.7. The standard InChI is InChI=1S/C25H17F4IN6/c1-14-6-9-21-22(20-10-11-31-24(33-20)32-17-7-8-18(26)19(27)13-17)23(35-36(21)34-14)15-4-3-5-16(12-15)25(28,29)30-2/h3-13H,2H2,1H3,(H,31,32,33). The van der Waals surface area contributed by atoms with E-state index in [1.54, 1.807) is 18.2 Å². The van der Waals surface area contributed by atoms with Crippen LogP contribution in [-0.2, 0) is 3.93 Å². The van der Waals surface area contributed by atoms with Gasteiger partial charge >= 0.3 is 3.93 Å². The van der Waals surface area contributed by atoms with Crippen LogP contribution >= 0.6 is 20.7 Å². The first-order valence-corrected chi connectivity index (χ1v) is 13.2. The molecule has 36 heavy (non-hydrogen) atoms. The van der Waals surface area contributed by atoms with Gasteiger partial charge in [-0.25, -0.2) is 18.7 Å². The van der Waals surface area contributed by atoms with Gasteiger partial charge in [-0.3, -0.25) is 0 Å². The summed E-state index contributed by atoms with van der Waals surface area (Å²) in [5.41, 5.74) is 3.33. The summed E-state index contributed by atoms with van der Waals surface area (Å²) < 4.78 is 57.7. The Balaban J connectivity index is 1.65. The Bertz CT molecular complexity index is 1620. The van der Waals surface area contributed by atoms with E-state index >= 15 is 0 Å². The fourth-order valence-electron chi connectivity index (χ4n) is 3.66. The second kappa shape index (κ2) is 9.37. The van der Waals surface area contributed by atoms with Crippen molar-refractivity contribution in [2.24, 2.45) is 0 Å². The van der Waals surface area contributed by atoms with Crippen molar-refractivity contribution in [2.45, 2.75) is 10.9 Å². The lowest BCUT2D eigenvalue weighted by Gasteiger charge is -2.12. The number of benzene rings is 2. The van der Waals surface area contributed by atoms with E-state index in [0.717, 1.165) is 12.1 Å². The van der Waals surface area contributed by atoms with Crippen LogP contribution in [0.25, 0.3) is 28.0 Å². The Kier molecular flexibility index (Phi) is 6.24. The number of aromatic nitrogens is 5. The second-order valence-electron chi connectivity index (χ2n) is 7.80. The Hall–Kier alpha value is -3.74. The van der Waals surface area contributed by atoms with Crippen LogP contribution < -0.4 is 5.32 Å². The third kappa shape index (κ3) is 4.57. The molecule has 6 nitrogen and oxygen atoms in total. The minimum absolute atomic E-state index is 0.127. The summed E-state index contributed by atoms with van der Waals surface area (Å²) in [5, 5.41) is 11.9. The van der Waals surface area contributed by atoms with Crippen molar-refractivity contribution >= 4 is 42.4 Å². The number of aryl methyl sites for hydroxylation is 1. The van der Waals surface area contributed by atoms with E-state index in [4.69, 9.17) is 0 Å². The van der Waals surface area contributed by atoms with Gasteiger partial charge in [-0.1, -0.05) is 22.7 Å². The number of hydrogen-bond donors (Lipinski definition) is 1. The molecular formula is C25H17F4IN6. The maximum Gasteiger partial charge on any atom is 0.316 e. The van der Waals surface area contributed by atoms with Crippen LogP contribution in [0.3, 0.4) is 0 Å². The maximum atomic E-state index is 14.4. The summed E-state index contributed by atoms with van der Waals surface area (Å²) in [5.74, 6) is -1.85. The zero-order valence-electron chi connectivity index (χ0n) is 18.7. The van der Waals surface area contributed by atoms with E-state index in [2.05, 4.69) is 30.0 Å². The summed E-state index contributed by atoms with van der Waals surface area (Å²) in [4.78, 5) is 8.70. The van der Waals surface area contributed by atoms with Crippen LogP contribution in [0.2, 0.25) is 0 Å². The summed E-state index contributed by atoms with van der Waals surface area (Å²) in [6.07, 6.45) is 1.50. The minimum atomic E-state index is -2.99. The van der Waals surface area contributed by atoms with Gasteiger partial charge in [0.05, 0.1) is 22.5 Å². The minimum Gasteiger partial charge on any atom is -0.324 e. The molecule has 5 rings (SSSR count). The van der Waals surface area contributed by atoms with Crippen LogP contribution in [0.4, 0.5) is 29.2 Å². The predicted octanol–water partition coefficient (Wildman–Crippen LogP) is 6.64. The molecule has 3 aromatic heterocycles. The highest BCUT2D eigenvalue weighted by Gasteiger charge is 2.29. The quantitative estimate of drug-likeness (QED) is 0.134. The van der Waals surface area contributed by atoms with Crippen LogP contribution in [0, 0.1) is 18.6 Å². The van der Waals surface area contributed by atoms with Crippen molar-refractivity contribution in [3.8, 4) is 22.5 Å². The Morgan fingerprint density at radius 3 is 2.58 bits per heavy atom. The molecule has 182 valence electrons. The fraction of sp³-hybridized carbons (Fsp3) is 0.0800. The monoisotopic (exact) mass is 604 g/mol. The van der Waals surface area contributed by atoms with Gasteiger partial charge < -0.3 is 5.32 Å². The normalized spacial score (nSPS) is 11.7. The largest absolute Gasteiger partial charge is 0.324 e. The van der Waals surface area contributed by atoms with Gasteiger partial charge in [-0.2, -0.15) is 18.5 Å². The van der Waals surface area contributed by atoms with Crippen LogP contribution in [0.5, 0.6) is 0 Å². The number of halogens is 5. The summed E-state index contributed by atoms with van der Waals surface area (Å²) in [6.45, 7) is 1.81. The van der Waals surface area contributed by atoms with E-state index in [0.29, 0.717) is 33.7 Å². The molecule has 1 N–H and O–H groups in total. The molecule has 0 spiro atoms. The van der Waals surface area contributed by atoms with Crippen molar-refractivity contribution in [1.82, 2.24) is 24.8 Å². The highest BCUT2D eigenvalue weighted by Crippen LogP contribution is 2.41. The average molecular weight is 604 g/mol. The molecular weight excluding hydrogens is 587 g/mol. The topological polar surface area (TPSA) is 68.0 Å². The third-order valence-corrected chi connectivity index (χ3v) is 6.94. The highest BCUT2D eigenvalue weighted by molar-refractivity contribution is 14.2. The molecule has 0 saturated carbocycles. The van der Waals surface area contributed by atoms with Gasteiger partial charge in [0.2, 0.25) is 5.95 Å². The van der Waals surface area contributed by atoms with Crippen molar-refractivity contribution in [3.63, 3.8) is 0 Å². The fourth-order valence-corrected chi connectivity index (χ4v) is 4.44. The van der Waals surface area contributed by atoms with E-state index < -0.39 is 36.3 Å². The lowest BCUT2D eigenvalue weighted by Crippen LogP contribution is -2.03. The molecule has 0 amide bonds. The smallest absolute Gasteiger partial charge is 0.316 e. The van der Waals surface area contributed by atoms with E-state index in [-0.39, 0.29) is 17.2 Å². The molecule has 0 bridgehead atoms. The number of rotatable bonds is 6. The number of anilines is 2. The second-order valence-corrected chi connectivity index (χ2v) is 9.92. The first kappa shape index (κ1) is 24.0. The van der Waals surface area contributed by atoms with E-state index in [1.165, 1.54) is 29.0 Å². The predicted molar refractivity (Wildman–Crippen MR) is 139 cm³/mol. The van der Waals surface area contributed by atoms with Crippen LogP contribution in [0.15, 0.2) is 66.9 Å². The van der Waals surface area contributed by atoms with Gasteiger partial charge in [0.1, 0.15) is 5.69 Å². The number of alkyl halides is 3. The van der Waals surface area contributed by atoms with E-state index in [9.17, 15) is 17.6 Å². The van der Waals surface area contributed by atoms with Gasteiger partial charge in [0.15, 0.2) is 11.6 Å². The van der Waals surface area contributed by atoms with Gasteiger partial charge in [-0.15, -0.1) is 5.10 Å². The lowest BCUT2D eigenvalue weighted by atomic mass is 10.0. The Morgan fingerprint density at radius 1 is 0.972 bits per heavy atom. The molecule has 11 heteroatoms. The molecule has 0 aliphatic heterocycles. The number of fused-ring (bicyclic) bond motifs is 1. The molecule has 0 aliphatic carbocycles. The van der Waals surface area contributed by atoms with Crippen LogP contribution in [-0.4, -0.2) is 29.3 Å². The SMILES string of the molecule is C=IC(F)(F)c1cccc(-c2nn3nc(C)ccc3c2-c2ccnc(Nc3ccc(F)c(F)c3)n2)c1. The summed E-state index contributed by atoms with van der Waals surface area (Å²) >= 11 is -1.61. The maximum absolute atomic E-state index is 14.4. The molecule has 0 saturated heterocycles. The van der Waals surface area contributed by atoms with Crippen molar-refractivity contribution in [3.05, 3.63) is 89.8 Å². The van der Waals surface area contributed by atoms with Crippen LogP contribution in [0.1, 0.15) is 11.3 Å². The molecule has 0 fully saturated rings. The van der Waals surface area contributed by atoms with E-state index in [1.807, 2.05) is 19.1 Å². The molecule has 2 aromatic carbocycles. The highest BCUT2D eigenvalue weighted by atomic mass is 127. The Morgan fingerprint density at radius 2 is 1.81 bits per heavy atom. The number of nitrogens with one attached hydrogen (secondary N) is 1.